The number of alkyl halides is 2. The van der Waals surface area contributed by atoms with Crippen LogP contribution in [-0.2, 0) is 40.2 Å². The van der Waals surface area contributed by atoms with Gasteiger partial charge in [0, 0.05) is 30.7 Å². The summed E-state index contributed by atoms with van der Waals surface area (Å²) in [5, 5.41) is 15.7. The fraction of sp³-hybridized carbons (Fsp3) is 0.435. The van der Waals surface area contributed by atoms with Gasteiger partial charge in [0.05, 0.1) is 46.4 Å². The highest BCUT2D eigenvalue weighted by atomic mass is 32.2. The van der Waals surface area contributed by atoms with Crippen LogP contribution in [0.25, 0.3) is 32.1 Å². The van der Waals surface area contributed by atoms with Crippen molar-refractivity contribution in [1.29, 1.82) is 0 Å². The second-order valence-electron chi connectivity index (χ2n) is 10.2. The quantitative estimate of drug-likeness (QED) is 0.295. The second-order valence-corrected chi connectivity index (χ2v) is 15.4. The molecule has 18 heteroatoms. The average molecular weight is 624 g/mol. The first-order valence-electron chi connectivity index (χ1n) is 12.4. The van der Waals surface area contributed by atoms with Crippen LogP contribution < -0.4 is 4.72 Å². The Labute approximate surface area is 237 Å². The van der Waals surface area contributed by atoms with Gasteiger partial charge in [-0.05, 0) is 26.0 Å². The number of nitrogens with one attached hydrogen (secondary N) is 1. The first-order chi connectivity index (χ1) is 19.2. The van der Waals surface area contributed by atoms with E-state index < -0.39 is 42.4 Å². The van der Waals surface area contributed by atoms with Gasteiger partial charge in [0.1, 0.15) is 5.69 Å². The van der Waals surface area contributed by atoms with Gasteiger partial charge in [0.15, 0.2) is 10.0 Å². The van der Waals surface area contributed by atoms with Crippen LogP contribution in [0.3, 0.4) is 0 Å². The molecular formula is C23H23F2N9O4S3. The molecule has 0 atom stereocenters. The molecule has 0 saturated heterocycles. The van der Waals surface area contributed by atoms with Gasteiger partial charge in [-0.2, -0.15) is 14.5 Å². The summed E-state index contributed by atoms with van der Waals surface area (Å²) >= 11 is 0.647. The maximum Gasteiger partial charge on any atom is 0.299 e. The molecule has 4 aromatic rings. The molecule has 1 N–H and O–H groups in total. The summed E-state index contributed by atoms with van der Waals surface area (Å²) in [5.74, 6) is 0. The van der Waals surface area contributed by atoms with Crippen LogP contribution >= 0.6 is 11.3 Å². The molecule has 1 aliphatic carbocycles. The number of benzene rings is 1. The van der Waals surface area contributed by atoms with Crippen LogP contribution in [0.5, 0.6) is 0 Å². The molecule has 1 aromatic carbocycles. The highest BCUT2D eigenvalue weighted by Gasteiger charge is 2.54. The average Bonchev–Trinajstić information content (AvgIpc) is 3.31. The number of rotatable bonds is 8. The summed E-state index contributed by atoms with van der Waals surface area (Å²) in [6.45, 7) is 10.8. The summed E-state index contributed by atoms with van der Waals surface area (Å²) in [6.07, 6.45) is -0.434. The topological polar surface area (TPSA) is 149 Å². The van der Waals surface area contributed by atoms with E-state index in [0.29, 0.717) is 52.0 Å². The van der Waals surface area contributed by atoms with Crippen LogP contribution in [0.4, 0.5) is 8.78 Å². The Morgan fingerprint density at radius 1 is 1.12 bits per heavy atom. The number of hydrogen-bond donors (Lipinski definition) is 1. The number of aryl methyl sites for hydroxylation is 1. The molecule has 0 bridgehead atoms. The first kappa shape index (κ1) is 27.8. The predicted octanol–water partition coefficient (Wildman–Crippen LogP) is 2.96. The number of halogens is 2. The molecular weight excluding hydrogens is 601 g/mol. The summed E-state index contributed by atoms with van der Waals surface area (Å²) in [7, 11) is -6.10. The Bertz CT molecular complexity index is 1950. The van der Waals surface area contributed by atoms with Crippen molar-refractivity contribution in [3.8, 4) is 16.4 Å². The van der Waals surface area contributed by atoms with Crippen molar-refractivity contribution in [2.75, 3.05) is 0 Å². The zero-order valence-electron chi connectivity index (χ0n) is 21.9. The van der Waals surface area contributed by atoms with E-state index in [2.05, 4.69) is 30.0 Å². The van der Waals surface area contributed by atoms with Gasteiger partial charge in [0.25, 0.3) is 12.1 Å². The number of hydrogen-bond acceptors (Lipinski definition) is 9. The highest BCUT2D eigenvalue weighted by molar-refractivity contribution is 7.89. The third-order valence-corrected chi connectivity index (χ3v) is 11.7. The Balaban J connectivity index is 1.51. The SMILES string of the molecule is [C-]#[N+]C1(NS(=O)(=O)c2cc(-n3cc4c(n3)CN(S(=O)(=O)C(C)C)C4)c3c(c2)c(-c2nnc(C(F)F)s2)nn3C)CC1. The molecule has 41 heavy (non-hydrogen) atoms. The summed E-state index contributed by atoms with van der Waals surface area (Å²) in [6, 6.07) is 2.76. The molecule has 4 heterocycles. The van der Waals surface area contributed by atoms with Gasteiger partial charge < -0.3 is 0 Å². The third-order valence-electron chi connectivity index (χ3n) is 7.05. The van der Waals surface area contributed by atoms with Crippen molar-refractivity contribution < 1.29 is 25.6 Å². The fourth-order valence-corrected chi connectivity index (χ4v) is 7.99. The first-order valence-corrected chi connectivity index (χ1v) is 16.2. The Kier molecular flexibility index (Phi) is 6.32. The highest BCUT2D eigenvalue weighted by Crippen LogP contribution is 2.40. The van der Waals surface area contributed by atoms with E-state index in [1.54, 1.807) is 27.1 Å². The van der Waals surface area contributed by atoms with Crippen LogP contribution in [-0.4, -0.2) is 61.8 Å². The zero-order chi connectivity index (χ0) is 29.5. The van der Waals surface area contributed by atoms with Gasteiger partial charge in [-0.25, -0.2) is 36.9 Å². The molecule has 216 valence electrons. The monoisotopic (exact) mass is 623 g/mol. The van der Waals surface area contributed by atoms with Crippen LogP contribution in [0.15, 0.2) is 23.2 Å². The Morgan fingerprint density at radius 2 is 1.85 bits per heavy atom. The van der Waals surface area contributed by atoms with E-state index in [9.17, 15) is 25.6 Å². The lowest BCUT2D eigenvalue weighted by Crippen LogP contribution is -2.34. The van der Waals surface area contributed by atoms with Gasteiger partial charge in [0.2, 0.25) is 20.0 Å². The normalized spacial score (nSPS) is 17.0. The van der Waals surface area contributed by atoms with E-state index >= 15 is 0 Å². The molecule has 0 unspecified atom stereocenters. The molecule has 1 saturated carbocycles. The van der Waals surface area contributed by atoms with Crippen molar-refractivity contribution in [1.82, 2.24) is 38.8 Å². The molecule has 1 aliphatic heterocycles. The predicted molar refractivity (Wildman–Crippen MR) is 144 cm³/mol. The van der Waals surface area contributed by atoms with Crippen molar-refractivity contribution in [2.45, 2.75) is 62.0 Å². The number of aromatic nitrogens is 6. The molecule has 1 fully saturated rings. The number of nitrogens with zero attached hydrogens (tertiary/aromatic N) is 8. The standard InChI is InChI=1S/C23H23F2N9O4S3/c1-12(2)41(37,38)33-9-13-10-34(29-16(13)11-33)17-8-14(40(35,36)31-23(26-3)5-6-23)7-15-18(30-32(4)19(15)17)21-27-28-22(39-21)20(24)25/h7-8,10,12,20,31H,5-6,9,11H2,1-2,4H3. The van der Waals surface area contributed by atoms with Crippen LogP contribution in [0.1, 0.15) is 49.4 Å². The van der Waals surface area contributed by atoms with Crippen molar-refractivity contribution in [3.63, 3.8) is 0 Å². The Morgan fingerprint density at radius 3 is 2.44 bits per heavy atom. The van der Waals surface area contributed by atoms with E-state index in [0.717, 1.165) is 0 Å². The van der Waals surface area contributed by atoms with Gasteiger partial charge in [-0.1, -0.05) is 11.3 Å². The van der Waals surface area contributed by atoms with Crippen molar-refractivity contribution in [2.24, 2.45) is 7.05 Å². The molecule has 0 radical (unpaired) electrons. The fourth-order valence-electron chi connectivity index (χ4n) is 4.66. The smallest absolute Gasteiger partial charge is 0.292 e. The summed E-state index contributed by atoms with van der Waals surface area (Å²) < 4.78 is 85.6. The lowest BCUT2D eigenvalue weighted by atomic mass is 10.2. The van der Waals surface area contributed by atoms with Crippen molar-refractivity contribution >= 4 is 42.3 Å². The maximum absolute atomic E-state index is 13.5. The largest absolute Gasteiger partial charge is 0.299 e. The maximum atomic E-state index is 13.5. The van der Waals surface area contributed by atoms with Gasteiger partial charge >= 0.3 is 0 Å². The zero-order valence-corrected chi connectivity index (χ0v) is 24.4. The lowest BCUT2D eigenvalue weighted by Gasteiger charge is -2.18. The molecule has 0 amide bonds. The van der Waals surface area contributed by atoms with E-state index in [4.69, 9.17) is 6.57 Å². The molecule has 2 aliphatic rings. The minimum absolute atomic E-state index is 0.0664. The van der Waals surface area contributed by atoms with Gasteiger partial charge in [-0.3, -0.25) is 9.53 Å². The molecule has 3 aromatic heterocycles. The van der Waals surface area contributed by atoms with Gasteiger partial charge in [-0.15, -0.1) is 14.9 Å². The third kappa shape index (κ3) is 4.61. The number of fused-ring (bicyclic) bond motifs is 2. The molecule has 13 nitrogen and oxygen atoms in total. The summed E-state index contributed by atoms with van der Waals surface area (Å²) in [5.41, 5.74) is 0.883. The van der Waals surface area contributed by atoms with E-state index in [1.165, 1.54) is 25.8 Å². The van der Waals surface area contributed by atoms with E-state index in [1.807, 2.05) is 0 Å². The minimum atomic E-state index is -4.20. The van der Waals surface area contributed by atoms with Crippen molar-refractivity contribution in [3.05, 3.63) is 46.0 Å². The van der Waals surface area contributed by atoms with Crippen LogP contribution in [0.2, 0.25) is 0 Å². The summed E-state index contributed by atoms with van der Waals surface area (Å²) in [4.78, 5) is 3.25. The molecule has 0 spiro atoms. The lowest BCUT2D eigenvalue weighted by molar-refractivity contribution is 0.150. The second kappa shape index (κ2) is 9.32. The van der Waals surface area contributed by atoms with Crippen LogP contribution in [0, 0.1) is 6.57 Å². The Hall–Kier alpha value is -3.37. The minimum Gasteiger partial charge on any atom is -0.292 e. The molecule has 6 rings (SSSR count). The van der Waals surface area contributed by atoms with E-state index in [-0.39, 0.29) is 28.7 Å². The number of sulfonamides is 2.